The third-order valence-corrected chi connectivity index (χ3v) is 5.59. The molecule has 3 N–H and O–H groups in total. The van der Waals surface area contributed by atoms with Crippen molar-refractivity contribution >= 4 is 23.7 Å². The van der Waals surface area contributed by atoms with E-state index in [1.807, 2.05) is 50.2 Å². The van der Waals surface area contributed by atoms with Crippen molar-refractivity contribution in [3.63, 3.8) is 0 Å². The third-order valence-electron chi connectivity index (χ3n) is 5.59. The standard InChI is InChI=1S/C26H31N5O4/c1-18(2)13-23(35-26(34)29-16-19-7-4-3-5-8-19)24(32)31(22-11-12-28-17-22)25(33)30-21-10-6-9-20(14-21)15-27/h3-10,14,18,22-23,28H,11-13,16-17H2,1-2H3,(H,29,34)(H,30,33). The largest absolute Gasteiger partial charge is 0.436 e. The molecule has 0 bridgehead atoms. The lowest BCUT2D eigenvalue weighted by molar-refractivity contribution is -0.139. The van der Waals surface area contributed by atoms with Crippen molar-refractivity contribution in [2.75, 3.05) is 18.4 Å². The van der Waals surface area contributed by atoms with Crippen molar-refractivity contribution in [1.29, 1.82) is 5.26 Å². The quantitative estimate of drug-likeness (QED) is 0.534. The van der Waals surface area contributed by atoms with Gasteiger partial charge >= 0.3 is 12.1 Å². The summed E-state index contributed by atoms with van der Waals surface area (Å²) in [6.45, 7) is 5.21. The van der Waals surface area contributed by atoms with Crippen LogP contribution >= 0.6 is 0 Å². The number of hydrogen-bond donors (Lipinski definition) is 3. The smallest absolute Gasteiger partial charge is 0.408 e. The minimum Gasteiger partial charge on any atom is -0.436 e. The van der Waals surface area contributed by atoms with E-state index in [9.17, 15) is 14.4 Å². The van der Waals surface area contributed by atoms with Crippen LogP contribution in [0.4, 0.5) is 15.3 Å². The van der Waals surface area contributed by atoms with Gasteiger partial charge in [-0.1, -0.05) is 50.2 Å². The van der Waals surface area contributed by atoms with Gasteiger partial charge in [-0.2, -0.15) is 5.26 Å². The molecule has 3 rings (SSSR count). The first kappa shape index (κ1) is 25.7. The molecule has 184 valence electrons. The van der Waals surface area contributed by atoms with Crippen LogP contribution in [-0.4, -0.2) is 48.2 Å². The Morgan fingerprint density at radius 2 is 1.94 bits per heavy atom. The van der Waals surface area contributed by atoms with Gasteiger partial charge in [0.05, 0.1) is 17.7 Å². The monoisotopic (exact) mass is 477 g/mol. The third kappa shape index (κ3) is 7.55. The summed E-state index contributed by atoms with van der Waals surface area (Å²) in [7, 11) is 0. The fraction of sp³-hybridized carbons (Fsp3) is 0.385. The number of benzene rings is 2. The summed E-state index contributed by atoms with van der Waals surface area (Å²) in [5.41, 5.74) is 1.69. The van der Waals surface area contributed by atoms with Gasteiger partial charge in [0.25, 0.3) is 5.91 Å². The molecular weight excluding hydrogens is 446 g/mol. The Kier molecular flexibility index (Phi) is 9.21. The van der Waals surface area contributed by atoms with Crippen LogP contribution in [0.1, 0.15) is 37.8 Å². The summed E-state index contributed by atoms with van der Waals surface area (Å²) in [5, 5.41) is 17.7. The van der Waals surface area contributed by atoms with Gasteiger partial charge < -0.3 is 20.7 Å². The van der Waals surface area contributed by atoms with E-state index in [1.165, 1.54) is 6.07 Å². The predicted molar refractivity (Wildman–Crippen MR) is 131 cm³/mol. The topological polar surface area (TPSA) is 124 Å². The lowest BCUT2D eigenvalue weighted by Crippen LogP contribution is -2.53. The molecule has 35 heavy (non-hydrogen) atoms. The van der Waals surface area contributed by atoms with Crippen LogP contribution in [0.2, 0.25) is 0 Å². The number of nitrogens with one attached hydrogen (secondary N) is 3. The van der Waals surface area contributed by atoms with Crippen molar-refractivity contribution in [2.24, 2.45) is 5.92 Å². The Morgan fingerprint density at radius 3 is 2.60 bits per heavy atom. The first-order chi connectivity index (χ1) is 16.9. The van der Waals surface area contributed by atoms with Crippen molar-refractivity contribution in [2.45, 2.75) is 45.4 Å². The lowest BCUT2D eigenvalue weighted by atomic mass is 10.0. The Hall–Kier alpha value is -3.90. The molecule has 1 fully saturated rings. The number of carbonyl (C=O) groups is 3. The van der Waals surface area contributed by atoms with E-state index in [0.29, 0.717) is 30.8 Å². The molecule has 0 aliphatic carbocycles. The molecule has 1 heterocycles. The maximum Gasteiger partial charge on any atom is 0.408 e. The van der Waals surface area contributed by atoms with Gasteiger partial charge in [-0.25, -0.2) is 9.59 Å². The van der Waals surface area contributed by atoms with Crippen molar-refractivity contribution in [3.8, 4) is 6.07 Å². The second-order valence-corrected chi connectivity index (χ2v) is 8.84. The minimum atomic E-state index is -1.12. The Balaban J connectivity index is 1.75. The molecular formula is C26H31N5O4. The number of rotatable bonds is 8. The number of ether oxygens (including phenoxy) is 1. The fourth-order valence-electron chi connectivity index (χ4n) is 3.88. The number of carbonyl (C=O) groups excluding carboxylic acids is 3. The number of urea groups is 1. The molecule has 0 radical (unpaired) electrons. The molecule has 2 atom stereocenters. The summed E-state index contributed by atoms with van der Waals surface area (Å²) in [6, 6.07) is 16.8. The highest BCUT2D eigenvalue weighted by atomic mass is 16.6. The maximum absolute atomic E-state index is 13.6. The van der Waals surface area contributed by atoms with E-state index < -0.39 is 24.1 Å². The fourth-order valence-corrected chi connectivity index (χ4v) is 3.88. The minimum absolute atomic E-state index is 0.0461. The average Bonchev–Trinajstić information content (AvgIpc) is 3.37. The van der Waals surface area contributed by atoms with Gasteiger partial charge in [0.1, 0.15) is 0 Å². The summed E-state index contributed by atoms with van der Waals surface area (Å²) >= 11 is 0. The van der Waals surface area contributed by atoms with Gasteiger partial charge in [-0.3, -0.25) is 9.69 Å². The van der Waals surface area contributed by atoms with Gasteiger partial charge in [-0.05, 0) is 49.1 Å². The zero-order valence-electron chi connectivity index (χ0n) is 20.0. The molecule has 1 aliphatic heterocycles. The number of amides is 4. The molecule has 2 unspecified atom stereocenters. The molecule has 1 saturated heterocycles. The van der Waals surface area contributed by atoms with Crippen LogP contribution in [0.5, 0.6) is 0 Å². The number of anilines is 1. The molecule has 4 amide bonds. The first-order valence-electron chi connectivity index (χ1n) is 11.7. The van der Waals surface area contributed by atoms with E-state index in [2.05, 4.69) is 16.0 Å². The number of alkyl carbamates (subject to hydrolysis) is 1. The molecule has 2 aromatic rings. The highest BCUT2D eigenvalue weighted by Gasteiger charge is 2.38. The first-order valence-corrected chi connectivity index (χ1v) is 11.7. The van der Waals surface area contributed by atoms with E-state index in [-0.39, 0.29) is 24.9 Å². The molecule has 2 aromatic carbocycles. The lowest BCUT2D eigenvalue weighted by Gasteiger charge is -2.30. The Bertz CT molecular complexity index is 1060. The van der Waals surface area contributed by atoms with E-state index in [4.69, 9.17) is 10.00 Å². The Labute approximate surface area is 205 Å². The van der Waals surface area contributed by atoms with Crippen molar-refractivity contribution in [1.82, 2.24) is 15.5 Å². The van der Waals surface area contributed by atoms with Gasteiger partial charge in [-0.15, -0.1) is 0 Å². The van der Waals surface area contributed by atoms with E-state index in [0.717, 1.165) is 10.5 Å². The maximum atomic E-state index is 13.6. The predicted octanol–water partition coefficient (Wildman–Crippen LogP) is 3.62. The number of nitriles is 1. The zero-order chi connectivity index (χ0) is 25.2. The molecule has 0 spiro atoms. The van der Waals surface area contributed by atoms with Crippen LogP contribution in [0, 0.1) is 17.2 Å². The molecule has 0 aromatic heterocycles. The second kappa shape index (κ2) is 12.5. The average molecular weight is 478 g/mol. The van der Waals surface area contributed by atoms with Crippen molar-refractivity contribution in [3.05, 3.63) is 65.7 Å². The summed E-state index contributed by atoms with van der Waals surface area (Å²) < 4.78 is 5.54. The van der Waals surface area contributed by atoms with Crippen LogP contribution < -0.4 is 16.0 Å². The number of hydrogen-bond acceptors (Lipinski definition) is 6. The van der Waals surface area contributed by atoms with E-state index in [1.54, 1.807) is 18.2 Å². The van der Waals surface area contributed by atoms with Gasteiger partial charge in [0.2, 0.25) is 0 Å². The van der Waals surface area contributed by atoms with Gasteiger partial charge in [0.15, 0.2) is 6.10 Å². The van der Waals surface area contributed by atoms with Crippen molar-refractivity contribution < 1.29 is 19.1 Å². The molecule has 0 saturated carbocycles. The summed E-state index contributed by atoms with van der Waals surface area (Å²) in [6.07, 6.45) is -0.987. The molecule has 9 heteroatoms. The van der Waals surface area contributed by atoms with E-state index >= 15 is 0 Å². The highest BCUT2D eigenvalue weighted by Crippen LogP contribution is 2.19. The van der Waals surface area contributed by atoms with Crippen LogP contribution in [0.15, 0.2) is 54.6 Å². The normalized spacial score (nSPS) is 15.7. The SMILES string of the molecule is CC(C)CC(OC(=O)NCc1ccccc1)C(=O)N(C(=O)Nc1cccc(C#N)c1)C1CCNC1. The molecule has 9 nitrogen and oxygen atoms in total. The summed E-state index contributed by atoms with van der Waals surface area (Å²) in [5.74, 6) is -0.527. The van der Waals surface area contributed by atoms with Gasteiger partial charge in [0, 0.05) is 18.8 Å². The number of imide groups is 1. The van der Waals surface area contributed by atoms with Crippen LogP contribution in [0.25, 0.3) is 0 Å². The summed E-state index contributed by atoms with van der Waals surface area (Å²) in [4.78, 5) is 40.6. The zero-order valence-corrected chi connectivity index (χ0v) is 20.0. The second-order valence-electron chi connectivity index (χ2n) is 8.84. The number of nitrogens with zero attached hydrogens (tertiary/aromatic N) is 2. The Morgan fingerprint density at radius 1 is 1.17 bits per heavy atom. The van der Waals surface area contributed by atoms with Crippen LogP contribution in [-0.2, 0) is 16.1 Å². The highest BCUT2D eigenvalue weighted by molar-refractivity contribution is 6.03. The van der Waals surface area contributed by atoms with Crippen LogP contribution in [0.3, 0.4) is 0 Å². The molecule has 1 aliphatic rings.